The third-order valence-electron chi connectivity index (χ3n) is 6.50. The summed E-state index contributed by atoms with van der Waals surface area (Å²) in [7, 11) is -2.68. The fraction of sp³-hybridized carbons (Fsp3) is 0.107. The summed E-state index contributed by atoms with van der Waals surface area (Å²) in [6.07, 6.45) is 0. The lowest BCUT2D eigenvalue weighted by atomic mass is 9.99. The van der Waals surface area contributed by atoms with Crippen LogP contribution in [0.25, 0.3) is 0 Å². The van der Waals surface area contributed by atoms with E-state index in [9.17, 15) is 5.26 Å². The lowest BCUT2D eigenvalue weighted by molar-refractivity contribution is 0.605. The summed E-state index contributed by atoms with van der Waals surface area (Å²) < 4.78 is -0.299. The largest absolute Gasteiger partial charge is 0.198 e. The second-order valence-corrected chi connectivity index (χ2v) is 13.6. The minimum Gasteiger partial charge on any atom is -0.198 e. The van der Waals surface area contributed by atoms with Crippen molar-refractivity contribution in [1.29, 1.82) is 5.26 Å². The Morgan fingerprint density at radius 2 is 1.03 bits per heavy atom. The molecular weight excluding hydrogens is 410 g/mol. The first-order valence-corrected chi connectivity index (χ1v) is 13.6. The molecule has 0 unspecified atom stereocenters. The molecule has 4 aromatic rings. The van der Waals surface area contributed by atoms with Crippen molar-refractivity contribution >= 4 is 35.4 Å². The van der Waals surface area contributed by atoms with Gasteiger partial charge in [0.05, 0.1) is 16.4 Å². The van der Waals surface area contributed by atoms with Crippen LogP contribution in [0.5, 0.6) is 0 Å². The van der Waals surface area contributed by atoms with Crippen LogP contribution in [0.4, 0.5) is 0 Å². The summed E-state index contributed by atoms with van der Waals surface area (Å²) in [6.45, 7) is 0. The highest BCUT2D eigenvalue weighted by Gasteiger charge is 2.66. The summed E-state index contributed by atoms with van der Waals surface area (Å²) in [5.41, 5.74) is 1.26. The zero-order valence-electron chi connectivity index (χ0n) is 17.2. The number of hydrogen-bond donors (Lipinski definition) is 0. The Morgan fingerprint density at radius 3 is 1.35 bits per heavy atom. The molecule has 1 fully saturated rings. The highest BCUT2D eigenvalue weighted by Crippen LogP contribution is 2.58. The third-order valence-corrected chi connectivity index (χ3v) is 14.7. The lowest BCUT2D eigenvalue weighted by Gasteiger charge is -2.58. The minimum absolute atomic E-state index is 0.0489. The molecule has 0 bridgehead atoms. The van der Waals surface area contributed by atoms with E-state index in [4.69, 9.17) is 0 Å². The molecule has 4 aromatic carbocycles. The Hall–Kier alpha value is -3.06. The van der Waals surface area contributed by atoms with E-state index in [0.717, 1.165) is 5.75 Å². The molecule has 0 aromatic heterocycles. The topological polar surface area (TPSA) is 23.8 Å². The van der Waals surface area contributed by atoms with Crippen molar-refractivity contribution in [3.63, 3.8) is 0 Å². The average molecular weight is 434 g/mol. The summed E-state index contributed by atoms with van der Waals surface area (Å²) in [5.74, 6) is 0.819. The third kappa shape index (κ3) is 2.90. The molecule has 0 radical (unpaired) electrons. The summed E-state index contributed by atoms with van der Waals surface area (Å²) in [6, 6.07) is 46.3. The van der Waals surface area contributed by atoms with Gasteiger partial charge in [-0.1, -0.05) is 121 Å². The number of benzene rings is 4. The molecule has 1 aliphatic rings. The van der Waals surface area contributed by atoms with Crippen LogP contribution in [0, 0.1) is 17.2 Å². The number of rotatable bonds is 5. The van der Waals surface area contributed by atoms with Crippen molar-refractivity contribution < 1.29 is 0 Å². The van der Waals surface area contributed by atoms with Crippen molar-refractivity contribution in [2.75, 3.05) is 5.75 Å². The van der Waals surface area contributed by atoms with E-state index in [0.29, 0.717) is 0 Å². The molecule has 0 spiro atoms. The quantitative estimate of drug-likeness (QED) is 0.342. The van der Waals surface area contributed by atoms with E-state index in [1.807, 2.05) is 11.8 Å². The fourth-order valence-corrected chi connectivity index (χ4v) is 14.3. The van der Waals surface area contributed by atoms with Gasteiger partial charge in [0.2, 0.25) is 0 Å². The van der Waals surface area contributed by atoms with Crippen molar-refractivity contribution in [1.82, 2.24) is 0 Å². The second kappa shape index (κ2) is 8.23. The number of thioether (sulfide) groups is 1. The molecule has 0 saturated carbocycles. The van der Waals surface area contributed by atoms with Crippen molar-refractivity contribution in [3.8, 4) is 6.07 Å². The first kappa shape index (κ1) is 19.9. The molecule has 5 rings (SSSR count). The zero-order chi connectivity index (χ0) is 21.2. The molecule has 0 N–H and O–H groups in total. The van der Waals surface area contributed by atoms with E-state index in [2.05, 4.69) is 127 Å². The highest BCUT2D eigenvalue weighted by molar-refractivity contribution is 8.04. The Labute approximate surface area is 189 Å². The maximum Gasteiger partial charge on any atom is 0.170 e. The van der Waals surface area contributed by atoms with Gasteiger partial charge in [-0.3, -0.25) is 0 Å². The van der Waals surface area contributed by atoms with Gasteiger partial charge in [-0.25, -0.2) is 0 Å². The summed E-state index contributed by atoms with van der Waals surface area (Å²) in [4.78, 5) is 0. The predicted octanol–water partition coefficient (Wildman–Crippen LogP) is 4.48. The standard InChI is InChI=1S/C28H23NSSi/c29-21-24-22-30-28(24,23-13-5-1-6-14-23)31(25-15-7-2-8-16-25,26-17-9-3-10-18-26)27-19-11-4-12-20-27/h1-20,24H,22H2/t24-,28-/m1/s1. The molecule has 1 saturated heterocycles. The Morgan fingerprint density at radius 1 is 0.645 bits per heavy atom. The van der Waals surface area contributed by atoms with Crippen LogP contribution in [-0.2, 0) is 4.37 Å². The fourth-order valence-electron chi connectivity index (χ4n) is 5.23. The van der Waals surface area contributed by atoms with Gasteiger partial charge in [-0.2, -0.15) is 5.26 Å². The molecule has 2 atom stereocenters. The molecular formula is C28H23NSSi. The summed E-state index contributed by atoms with van der Waals surface area (Å²) >= 11 is 1.97. The molecule has 1 aliphatic heterocycles. The first-order chi connectivity index (χ1) is 15.3. The van der Waals surface area contributed by atoms with E-state index < -0.39 is 8.07 Å². The van der Waals surface area contributed by atoms with Crippen LogP contribution in [0.2, 0.25) is 0 Å². The molecule has 1 nitrogen and oxygen atoms in total. The van der Waals surface area contributed by atoms with Gasteiger partial charge in [0.25, 0.3) is 0 Å². The maximum absolute atomic E-state index is 10.3. The molecule has 0 amide bonds. The Balaban J connectivity index is 1.96. The normalized spacial score (nSPS) is 20.4. The number of hydrogen-bond acceptors (Lipinski definition) is 2. The van der Waals surface area contributed by atoms with Crippen molar-refractivity contribution in [3.05, 3.63) is 127 Å². The van der Waals surface area contributed by atoms with Crippen LogP contribution in [-0.4, -0.2) is 13.8 Å². The Kier molecular flexibility index (Phi) is 5.27. The first-order valence-electron chi connectivity index (χ1n) is 10.6. The van der Waals surface area contributed by atoms with Gasteiger partial charge in [0, 0.05) is 5.75 Å². The Bertz CT molecular complexity index is 1090. The van der Waals surface area contributed by atoms with Gasteiger partial charge < -0.3 is 0 Å². The highest BCUT2D eigenvalue weighted by atomic mass is 32.2. The SMILES string of the molecule is N#C[C@@H]1CS[C@]1(c1ccccc1)[Si](c1ccccc1)(c1ccccc1)c1ccccc1. The van der Waals surface area contributed by atoms with Gasteiger partial charge in [-0.15, -0.1) is 11.8 Å². The van der Waals surface area contributed by atoms with E-state index in [-0.39, 0.29) is 10.3 Å². The van der Waals surface area contributed by atoms with Crippen LogP contribution in [0.3, 0.4) is 0 Å². The van der Waals surface area contributed by atoms with Gasteiger partial charge in [0.15, 0.2) is 8.07 Å². The van der Waals surface area contributed by atoms with Crippen molar-refractivity contribution in [2.24, 2.45) is 5.92 Å². The van der Waals surface area contributed by atoms with Crippen molar-refractivity contribution in [2.45, 2.75) is 4.37 Å². The van der Waals surface area contributed by atoms with Gasteiger partial charge in [-0.05, 0) is 21.1 Å². The second-order valence-electron chi connectivity index (χ2n) is 7.94. The predicted molar refractivity (Wildman–Crippen MR) is 134 cm³/mol. The van der Waals surface area contributed by atoms with Gasteiger partial charge >= 0.3 is 0 Å². The molecule has 1 heterocycles. The molecule has 3 heteroatoms. The van der Waals surface area contributed by atoms with Crippen LogP contribution < -0.4 is 15.6 Å². The van der Waals surface area contributed by atoms with E-state index in [1.165, 1.54) is 21.1 Å². The molecule has 31 heavy (non-hydrogen) atoms. The summed E-state index contributed by atoms with van der Waals surface area (Å²) in [5, 5.41) is 14.4. The maximum atomic E-state index is 10.3. The van der Waals surface area contributed by atoms with Crippen LogP contribution in [0.1, 0.15) is 5.56 Å². The van der Waals surface area contributed by atoms with Crippen LogP contribution >= 0.6 is 11.8 Å². The smallest absolute Gasteiger partial charge is 0.170 e. The minimum atomic E-state index is -2.68. The van der Waals surface area contributed by atoms with E-state index >= 15 is 0 Å². The average Bonchev–Trinajstić information content (AvgIpc) is 2.84. The van der Waals surface area contributed by atoms with Gasteiger partial charge in [0.1, 0.15) is 0 Å². The molecule has 150 valence electrons. The molecule has 0 aliphatic carbocycles. The van der Waals surface area contributed by atoms with E-state index in [1.54, 1.807) is 0 Å². The number of nitriles is 1. The monoisotopic (exact) mass is 433 g/mol. The lowest BCUT2D eigenvalue weighted by Crippen LogP contribution is -2.81. The van der Waals surface area contributed by atoms with Crippen LogP contribution in [0.15, 0.2) is 121 Å². The zero-order valence-corrected chi connectivity index (χ0v) is 19.0. The number of nitrogens with zero attached hydrogens (tertiary/aromatic N) is 1.